The second kappa shape index (κ2) is 4.87. The first-order valence-electron chi connectivity index (χ1n) is 5.54. The van der Waals surface area contributed by atoms with Crippen molar-refractivity contribution in [1.82, 2.24) is 0 Å². The molecule has 1 aromatic carbocycles. The predicted molar refractivity (Wildman–Crippen MR) is 64.5 cm³/mol. The second-order valence-electron chi connectivity index (χ2n) is 3.70. The van der Waals surface area contributed by atoms with Gasteiger partial charge in [0, 0.05) is 5.56 Å². The average Bonchev–Trinajstić information content (AvgIpc) is 2.76. The number of ketones is 1. The van der Waals surface area contributed by atoms with Gasteiger partial charge < -0.3 is 9.15 Å². The molecule has 0 aliphatic carbocycles. The maximum absolute atomic E-state index is 12.1. The second-order valence-corrected chi connectivity index (χ2v) is 3.70. The van der Waals surface area contributed by atoms with E-state index in [1.54, 1.807) is 30.3 Å². The van der Waals surface area contributed by atoms with Crippen LogP contribution in [0.5, 0.6) is 5.75 Å². The SMILES string of the molecule is CCOc1cccc(C(=O)c2ccc(C)o2)c1. The zero-order valence-corrected chi connectivity index (χ0v) is 9.90. The Morgan fingerprint density at radius 1 is 1.29 bits per heavy atom. The normalized spacial score (nSPS) is 10.2. The standard InChI is InChI=1S/C14H14O3/c1-3-16-12-6-4-5-11(9-12)14(15)13-8-7-10(2)17-13/h4-9H,3H2,1-2H3. The summed E-state index contributed by atoms with van der Waals surface area (Å²) in [5, 5.41) is 0. The fourth-order valence-corrected chi connectivity index (χ4v) is 1.59. The van der Waals surface area contributed by atoms with Crippen molar-refractivity contribution in [2.24, 2.45) is 0 Å². The van der Waals surface area contributed by atoms with Crippen LogP contribution in [0.25, 0.3) is 0 Å². The van der Waals surface area contributed by atoms with E-state index in [2.05, 4.69) is 0 Å². The van der Waals surface area contributed by atoms with Crippen LogP contribution in [0, 0.1) is 6.92 Å². The lowest BCUT2D eigenvalue weighted by molar-refractivity contribution is 0.101. The van der Waals surface area contributed by atoms with Crippen LogP contribution in [0.4, 0.5) is 0 Å². The van der Waals surface area contributed by atoms with E-state index in [4.69, 9.17) is 9.15 Å². The molecule has 0 radical (unpaired) electrons. The largest absolute Gasteiger partial charge is 0.494 e. The molecule has 0 unspecified atom stereocenters. The van der Waals surface area contributed by atoms with Gasteiger partial charge in [0.2, 0.25) is 5.78 Å². The van der Waals surface area contributed by atoms with E-state index in [1.165, 1.54) is 0 Å². The number of rotatable bonds is 4. The molecular formula is C14H14O3. The van der Waals surface area contributed by atoms with Gasteiger partial charge in [0.15, 0.2) is 5.76 Å². The van der Waals surface area contributed by atoms with Gasteiger partial charge >= 0.3 is 0 Å². The summed E-state index contributed by atoms with van der Waals surface area (Å²) >= 11 is 0. The van der Waals surface area contributed by atoms with Crippen LogP contribution < -0.4 is 4.74 Å². The van der Waals surface area contributed by atoms with Gasteiger partial charge in [-0.05, 0) is 38.1 Å². The third-order valence-electron chi connectivity index (χ3n) is 2.37. The highest BCUT2D eigenvalue weighted by atomic mass is 16.5. The zero-order valence-electron chi connectivity index (χ0n) is 9.90. The molecule has 0 N–H and O–H groups in total. The molecule has 88 valence electrons. The first-order valence-corrected chi connectivity index (χ1v) is 5.54. The lowest BCUT2D eigenvalue weighted by Gasteiger charge is -2.04. The summed E-state index contributed by atoms with van der Waals surface area (Å²) < 4.78 is 10.7. The van der Waals surface area contributed by atoms with Crippen LogP contribution >= 0.6 is 0 Å². The molecule has 0 bridgehead atoms. The molecule has 2 rings (SSSR count). The topological polar surface area (TPSA) is 39.4 Å². The Balaban J connectivity index is 2.27. The number of hydrogen-bond donors (Lipinski definition) is 0. The summed E-state index contributed by atoms with van der Waals surface area (Å²) in [6, 6.07) is 10.6. The third kappa shape index (κ3) is 2.56. The number of carbonyl (C=O) groups is 1. The quantitative estimate of drug-likeness (QED) is 0.757. The first kappa shape index (κ1) is 11.5. The van der Waals surface area contributed by atoms with Crippen molar-refractivity contribution in [3.05, 3.63) is 53.5 Å². The first-order chi connectivity index (χ1) is 8.20. The van der Waals surface area contributed by atoms with Crippen LogP contribution in [0.2, 0.25) is 0 Å². The Bertz CT molecular complexity index is 526. The lowest BCUT2D eigenvalue weighted by atomic mass is 10.1. The van der Waals surface area contributed by atoms with Crippen molar-refractivity contribution in [3.8, 4) is 5.75 Å². The van der Waals surface area contributed by atoms with Crippen LogP contribution in [0.3, 0.4) is 0 Å². The van der Waals surface area contributed by atoms with Crippen LogP contribution in [0.1, 0.15) is 28.8 Å². The van der Waals surface area contributed by atoms with Crippen molar-refractivity contribution < 1.29 is 13.9 Å². The van der Waals surface area contributed by atoms with Gasteiger partial charge in [-0.2, -0.15) is 0 Å². The Kier molecular flexibility index (Phi) is 3.28. The molecule has 0 fully saturated rings. The molecule has 0 amide bonds. The molecule has 1 heterocycles. The molecule has 0 spiro atoms. The summed E-state index contributed by atoms with van der Waals surface area (Å²) in [5.41, 5.74) is 0.574. The number of aryl methyl sites for hydroxylation is 1. The molecule has 17 heavy (non-hydrogen) atoms. The van der Waals surface area contributed by atoms with E-state index in [0.29, 0.717) is 23.7 Å². The van der Waals surface area contributed by atoms with E-state index in [1.807, 2.05) is 19.9 Å². The molecule has 1 aromatic heterocycles. The fourth-order valence-electron chi connectivity index (χ4n) is 1.59. The molecule has 0 aliphatic rings. The molecule has 0 aliphatic heterocycles. The maximum Gasteiger partial charge on any atom is 0.228 e. The number of carbonyl (C=O) groups excluding carboxylic acids is 1. The van der Waals surface area contributed by atoms with Crippen molar-refractivity contribution in [1.29, 1.82) is 0 Å². The summed E-state index contributed by atoms with van der Waals surface area (Å²) in [6.07, 6.45) is 0. The highest BCUT2D eigenvalue weighted by Gasteiger charge is 2.13. The summed E-state index contributed by atoms with van der Waals surface area (Å²) in [4.78, 5) is 12.1. The minimum Gasteiger partial charge on any atom is -0.494 e. The molecule has 0 saturated carbocycles. The van der Waals surface area contributed by atoms with E-state index in [9.17, 15) is 4.79 Å². The van der Waals surface area contributed by atoms with E-state index < -0.39 is 0 Å². The Morgan fingerprint density at radius 3 is 2.76 bits per heavy atom. The molecule has 0 atom stereocenters. The van der Waals surface area contributed by atoms with Gasteiger partial charge in [0.1, 0.15) is 11.5 Å². The van der Waals surface area contributed by atoms with Gasteiger partial charge in [-0.15, -0.1) is 0 Å². The predicted octanol–water partition coefficient (Wildman–Crippen LogP) is 3.22. The number of benzene rings is 1. The van der Waals surface area contributed by atoms with Gasteiger partial charge in [0.05, 0.1) is 6.61 Å². The van der Waals surface area contributed by atoms with Crippen LogP contribution in [-0.2, 0) is 0 Å². The Hall–Kier alpha value is -2.03. The summed E-state index contributed by atoms with van der Waals surface area (Å²) in [6.45, 7) is 4.30. The summed E-state index contributed by atoms with van der Waals surface area (Å²) in [5.74, 6) is 1.66. The monoisotopic (exact) mass is 230 g/mol. The molecule has 0 saturated heterocycles. The van der Waals surface area contributed by atoms with Gasteiger partial charge in [-0.1, -0.05) is 12.1 Å². The smallest absolute Gasteiger partial charge is 0.228 e. The number of ether oxygens (including phenoxy) is 1. The van der Waals surface area contributed by atoms with Crippen molar-refractivity contribution >= 4 is 5.78 Å². The zero-order chi connectivity index (χ0) is 12.3. The van der Waals surface area contributed by atoms with E-state index in [-0.39, 0.29) is 5.78 Å². The molecular weight excluding hydrogens is 216 g/mol. The minimum atomic E-state index is -0.125. The highest BCUT2D eigenvalue weighted by molar-refractivity contribution is 6.07. The Labute approximate surface area is 100 Å². The van der Waals surface area contributed by atoms with Gasteiger partial charge in [0.25, 0.3) is 0 Å². The van der Waals surface area contributed by atoms with Gasteiger partial charge in [-0.3, -0.25) is 4.79 Å². The molecule has 2 aromatic rings. The fraction of sp³-hybridized carbons (Fsp3) is 0.214. The van der Waals surface area contributed by atoms with Crippen LogP contribution in [0.15, 0.2) is 40.8 Å². The van der Waals surface area contributed by atoms with Gasteiger partial charge in [-0.25, -0.2) is 0 Å². The number of furan rings is 1. The summed E-state index contributed by atoms with van der Waals surface area (Å²) in [7, 11) is 0. The van der Waals surface area contributed by atoms with E-state index in [0.717, 1.165) is 5.76 Å². The maximum atomic E-state index is 12.1. The van der Waals surface area contributed by atoms with Crippen molar-refractivity contribution in [2.75, 3.05) is 6.61 Å². The molecule has 3 nitrogen and oxygen atoms in total. The average molecular weight is 230 g/mol. The van der Waals surface area contributed by atoms with Crippen LogP contribution in [-0.4, -0.2) is 12.4 Å². The third-order valence-corrected chi connectivity index (χ3v) is 2.37. The number of hydrogen-bond acceptors (Lipinski definition) is 3. The van der Waals surface area contributed by atoms with Crippen molar-refractivity contribution in [3.63, 3.8) is 0 Å². The minimum absolute atomic E-state index is 0.125. The lowest BCUT2D eigenvalue weighted by Crippen LogP contribution is -2.00. The van der Waals surface area contributed by atoms with Crippen molar-refractivity contribution in [2.45, 2.75) is 13.8 Å². The van der Waals surface area contributed by atoms with E-state index >= 15 is 0 Å². The Morgan fingerprint density at radius 2 is 2.12 bits per heavy atom. The molecule has 3 heteroatoms. The highest BCUT2D eigenvalue weighted by Crippen LogP contribution is 2.17.